The summed E-state index contributed by atoms with van der Waals surface area (Å²) in [5.74, 6) is 0.103. The summed E-state index contributed by atoms with van der Waals surface area (Å²) in [7, 11) is 0. The second kappa shape index (κ2) is 12.8. The fourth-order valence-electron chi connectivity index (χ4n) is 5.12. The van der Waals surface area contributed by atoms with Crippen LogP contribution < -0.4 is 10.2 Å². The molecule has 1 N–H and O–H groups in total. The van der Waals surface area contributed by atoms with Gasteiger partial charge in [0.1, 0.15) is 12.1 Å². The first-order chi connectivity index (χ1) is 16.5. The van der Waals surface area contributed by atoms with Gasteiger partial charge in [-0.05, 0) is 37.8 Å². The smallest absolute Gasteiger partial charge is 0.250 e. The van der Waals surface area contributed by atoms with E-state index in [0.29, 0.717) is 45.6 Å². The summed E-state index contributed by atoms with van der Waals surface area (Å²) >= 11 is 0. The molecule has 2 saturated heterocycles. The van der Waals surface area contributed by atoms with Crippen LogP contribution in [-0.4, -0.2) is 65.9 Å². The van der Waals surface area contributed by atoms with Crippen molar-refractivity contribution in [1.82, 2.24) is 15.1 Å². The third kappa shape index (κ3) is 6.30. The fourth-order valence-corrected chi connectivity index (χ4v) is 5.12. The highest BCUT2D eigenvalue weighted by Crippen LogP contribution is 2.39. The van der Waals surface area contributed by atoms with Crippen LogP contribution in [0, 0.1) is 0 Å². The van der Waals surface area contributed by atoms with Crippen molar-refractivity contribution < 1.29 is 14.4 Å². The van der Waals surface area contributed by atoms with Crippen LogP contribution in [0.3, 0.4) is 0 Å². The number of carbonyl (C=O) groups excluding carboxylic acids is 3. The van der Waals surface area contributed by atoms with Crippen molar-refractivity contribution in [2.24, 2.45) is 0 Å². The van der Waals surface area contributed by atoms with Crippen molar-refractivity contribution in [3.05, 3.63) is 30.3 Å². The van der Waals surface area contributed by atoms with Gasteiger partial charge in [-0.15, -0.1) is 0 Å². The summed E-state index contributed by atoms with van der Waals surface area (Å²) in [4.78, 5) is 44.7. The zero-order valence-electron chi connectivity index (χ0n) is 21.1. The molecule has 0 radical (unpaired) electrons. The molecular formula is C27H42N4O3. The molecule has 1 aromatic carbocycles. The molecule has 0 aromatic heterocycles. The fraction of sp³-hybridized carbons (Fsp3) is 0.667. The molecule has 7 nitrogen and oxygen atoms in total. The summed E-state index contributed by atoms with van der Waals surface area (Å²) in [6.07, 6.45) is 9.39. The molecule has 2 aliphatic heterocycles. The molecular weight excluding hydrogens is 428 g/mol. The Morgan fingerprint density at radius 2 is 1.62 bits per heavy atom. The van der Waals surface area contributed by atoms with Crippen LogP contribution in [0.25, 0.3) is 0 Å². The molecule has 34 heavy (non-hydrogen) atoms. The molecule has 2 aliphatic rings. The first-order valence-electron chi connectivity index (χ1n) is 13.2. The minimum absolute atomic E-state index is 0.00802. The molecule has 0 unspecified atom stereocenters. The van der Waals surface area contributed by atoms with Crippen molar-refractivity contribution in [1.29, 1.82) is 0 Å². The van der Waals surface area contributed by atoms with Crippen LogP contribution in [0.2, 0.25) is 0 Å². The minimum Gasteiger partial charge on any atom is -0.355 e. The van der Waals surface area contributed by atoms with Gasteiger partial charge in [0, 0.05) is 31.7 Å². The lowest BCUT2D eigenvalue weighted by atomic mass is 9.85. The number of nitrogens with zero attached hydrogens (tertiary/aromatic N) is 3. The Hall–Kier alpha value is -2.57. The summed E-state index contributed by atoms with van der Waals surface area (Å²) in [6, 6.07) is 9.96. The highest BCUT2D eigenvalue weighted by molar-refractivity contribution is 5.96. The van der Waals surface area contributed by atoms with Crippen LogP contribution in [0.5, 0.6) is 0 Å². The predicted octanol–water partition coefficient (Wildman–Crippen LogP) is 3.93. The molecule has 3 rings (SSSR count). The normalized spacial score (nSPS) is 17.5. The first-order valence-corrected chi connectivity index (χ1v) is 13.2. The molecule has 1 spiro atoms. The van der Waals surface area contributed by atoms with Crippen LogP contribution in [0.15, 0.2) is 30.3 Å². The van der Waals surface area contributed by atoms with Crippen molar-refractivity contribution in [2.75, 3.05) is 37.7 Å². The lowest BCUT2D eigenvalue weighted by molar-refractivity contribution is -0.140. The summed E-state index contributed by atoms with van der Waals surface area (Å²) in [5.41, 5.74) is 0.295. The quantitative estimate of drug-likeness (QED) is 0.470. The SMILES string of the molecule is CCCCCCCC(=O)N1CCC2(CC1)C(=O)N(CC(=O)NCCCC)CN2c1ccccc1. The van der Waals surface area contributed by atoms with E-state index in [4.69, 9.17) is 0 Å². The number of carbonyl (C=O) groups is 3. The molecule has 0 atom stereocenters. The molecule has 1 aromatic rings. The molecule has 0 aliphatic carbocycles. The van der Waals surface area contributed by atoms with Crippen molar-refractivity contribution >= 4 is 23.4 Å². The van der Waals surface area contributed by atoms with Crippen LogP contribution in [-0.2, 0) is 14.4 Å². The van der Waals surface area contributed by atoms with Gasteiger partial charge in [-0.25, -0.2) is 0 Å². The second-order valence-electron chi connectivity index (χ2n) is 9.69. The highest BCUT2D eigenvalue weighted by atomic mass is 16.2. The minimum atomic E-state index is -0.692. The van der Waals surface area contributed by atoms with E-state index < -0.39 is 5.54 Å². The summed E-state index contributed by atoms with van der Waals surface area (Å²) in [6.45, 7) is 6.56. The van der Waals surface area contributed by atoms with E-state index in [1.165, 1.54) is 19.3 Å². The molecule has 2 fully saturated rings. The Morgan fingerprint density at radius 3 is 2.29 bits per heavy atom. The van der Waals surface area contributed by atoms with Gasteiger partial charge in [0.15, 0.2) is 0 Å². The zero-order valence-corrected chi connectivity index (χ0v) is 21.1. The number of benzene rings is 1. The Balaban J connectivity index is 1.65. The maximum atomic E-state index is 13.7. The van der Waals surface area contributed by atoms with Gasteiger partial charge in [0.05, 0.1) is 6.67 Å². The van der Waals surface area contributed by atoms with E-state index in [1.807, 2.05) is 35.2 Å². The predicted molar refractivity (Wildman–Crippen MR) is 135 cm³/mol. The Labute approximate surface area is 204 Å². The average Bonchev–Trinajstić information content (AvgIpc) is 3.11. The van der Waals surface area contributed by atoms with E-state index in [1.54, 1.807) is 4.90 Å². The third-order valence-corrected chi connectivity index (χ3v) is 7.21. The van der Waals surface area contributed by atoms with E-state index in [9.17, 15) is 14.4 Å². The maximum Gasteiger partial charge on any atom is 0.250 e. The van der Waals surface area contributed by atoms with E-state index >= 15 is 0 Å². The third-order valence-electron chi connectivity index (χ3n) is 7.21. The second-order valence-corrected chi connectivity index (χ2v) is 9.69. The highest BCUT2D eigenvalue weighted by Gasteiger charge is 2.54. The number of para-hydroxylation sites is 1. The molecule has 2 heterocycles. The van der Waals surface area contributed by atoms with Gasteiger partial charge in [0.25, 0.3) is 5.91 Å². The summed E-state index contributed by atoms with van der Waals surface area (Å²) < 4.78 is 0. The number of hydrogen-bond donors (Lipinski definition) is 1. The number of amides is 3. The van der Waals surface area contributed by atoms with E-state index in [0.717, 1.165) is 31.4 Å². The van der Waals surface area contributed by atoms with Gasteiger partial charge < -0.3 is 20.0 Å². The number of unbranched alkanes of at least 4 members (excludes halogenated alkanes) is 5. The first kappa shape index (κ1) is 26.0. The zero-order chi connectivity index (χ0) is 24.4. The van der Waals surface area contributed by atoms with Crippen LogP contribution in [0.1, 0.15) is 78.1 Å². The maximum absolute atomic E-state index is 13.7. The number of rotatable bonds is 12. The Kier molecular flexibility index (Phi) is 9.78. The Bertz CT molecular complexity index is 805. The molecule has 3 amide bonds. The monoisotopic (exact) mass is 470 g/mol. The standard InChI is InChI=1S/C27H42N4O3/c1-3-5-7-8-12-15-25(33)29-19-16-27(17-20-29)26(34)30(21-24(32)28-18-6-4-2)22-31(27)23-13-10-9-11-14-23/h9-11,13-14H,3-8,12,15-22H2,1-2H3,(H,28,32). The van der Waals surface area contributed by atoms with Gasteiger partial charge >= 0.3 is 0 Å². The van der Waals surface area contributed by atoms with Gasteiger partial charge in [-0.3, -0.25) is 14.4 Å². The lowest BCUT2D eigenvalue weighted by Crippen LogP contribution is -2.57. The number of anilines is 1. The molecule has 0 saturated carbocycles. The molecule has 188 valence electrons. The van der Waals surface area contributed by atoms with Crippen LogP contribution >= 0.6 is 0 Å². The lowest BCUT2D eigenvalue weighted by Gasteiger charge is -2.43. The number of likely N-dealkylation sites (tertiary alicyclic amines) is 1. The van der Waals surface area contributed by atoms with Crippen molar-refractivity contribution in [3.63, 3.8) is 0 Å². The molecule has 0 bridgehead atoms. The van der Waals surface area contributed by atoms with Crippen molar-refractivity contribution in [3.8, 4) is 0 Å². The Morgan fingerprint density at radius 1 is 0.941 bits per heavy atom. The molecule has 7 heteroatoms. The van der Waals surface area contributed by atoms with E-state index in [-0.39, 0.29) is 24.3 Å². The van der Waals surface area contributed by atoms with Gasteiger partial charge in [-0.2, -0.15) is 0 Å². The number of nitrogens with one attached hydrogen (secondary N) is 1. The van der Waals surface area contributed by atoms with E-state index in [2.05, 4.69) is 24.1 Å². The topological polar surface area (TPSA) is 73.0 Å². The largest absolute Gasteiger partial charge is 0.355 e. The number of piperidine rings is 1. The summed E-state index contributed by atoms with van der Waals surface area (Å²) in [5, 5.41) is 2.93. The van der Waals surface area contributed by atoms with Crippen LogP contribution in [0.4, 0.5) is 5.69 Å². The number of hydrogen-bond acceptors (Lipinski definition) is 4. The average molecular weight is 471 g/mol. The van der Waals surface area contributed by atoms with Gasteiger partial charge in [-0.1, -0.05) is 64.2 Å². The van der Waals surface area contributed by atoms with Gasteiger partial charge in [0.2, 0.25) is 11.8 Å². The van der Waals surface area contributed by atoms with Crippen molar-refractivity contribution in [2.45, 2.75) is 83.6 Å².